The van der Waals surface area contributed by atoms with Gasteiger partial charge in [-0.05, 0) is 24.3 Å². The van der Waals surface area contributed by atoms with Crippen LogP contribution in [0.2, 0.25) is 0 Å². The highest BCUT2D eigenvalue weighted by Crippen LogP contribution is 2.38. The van der Waals surface area contributed by atoms with E-state index in [0.717, 1.165) is 5.56 Å². The number of rotatable bonds is 3. The van der Waals surface area contributed by atoms with E-state index in [1.807, 2.05) is 12.1 Å². The molecule has 0 saturated carbocycles. The second kappa shape index (κ2) is 8.61. The van der Waals surface area contributed by atoms with Gasteiger partial charge in [-0.2, -0.15) is 10.4 Å². The van der Waals surface area contributed by atoms with Crippen LogP contribution in [0.4, 0.5) is 5.82 Å². The van der Waals surface area contributed by atoms with Crippen LogP contribution in [0.1, 0.15) is 16.1 Å². The number of nitrogen functional groups attached to an aromatic ring is 1. The van der Waals surface area contributed by atoms with Crippen LogP contribution in [0.25, 0.3) is 22.4 Å². The van der Waals surface area contributed by atoms with Crippen molar-refractivity contribution in [3.8, 4) is 40.0 Å². The average molecular weight is 409 g/mol. The molecule has 0 fully saturated rings. The van der Waals surface area contributed by atoms with Gasteiger partial charge in [-0.25, -0.2) is 9.78 Å². The Morgan fingerprint density at radius 1 is 1.33 bits per heavy atom. The number of nitriles is 1. The fourth-order valence-corrected chi connectivity index (χ4v) is 2.85. The Hall–Kier alpha value is -4.59. The number of methoxy groups -OCH3 is 1. The van der Waals surface area contributed by atoms with E-state index in [2.05, 4.69) is 15.2 Å². The van der Waals surface area contributed by atoms with Crippen molar-refractivity contribution < 1.29 is 28.9 Å². The summed E-state index contributed by atoms with van der Waals surface area (Å²) in [5.74, 6) is 0.673. The molecule has 0 radical (unpaired) electrons. The van der Waals surface area contributed by atoms with Crippen molar-refractivity contribution in [3.63, 3.8) is 0 Å². The minimum Gasteiger partial charge on any atom is -0.483 e. The number of hydrogen-bond donors (Lipinski definition) is 3. The van der Waals surface area contributed by atoms with Crippen LogP contribution in [0, 0.1) is 11.3 Å². The molecule has 0 spiro atoms. The van der Waals surface area contributed by atoms with Crippen LogP contribution in [-0.2, 0) is 9.53 Å². The molecule has 3 heterocycles. The van der Waals surface area contributed by atoms with E-state index >= 15 is 0 Å². The van der Waals surface area contributed by atoms with E-state index in [1.165, 1.54) is 13.3 Å². The van der Waals surface area contributed by atoms with Crippen LogP contribution in [0.15, 0.2) is 30.5 Å². The minimum atomic E-state index is -0.605. The van der Waals surface area contributed by atoms with Crippen LogP contribution in [0.5, 0.6) is 11.5 Å². The predicted molar refractivity (Wildman–Crippen MR) is 103 cm³/mol. The third-order valence-corrected chi connectivity index (χ3v) is 4.15. The lowest BCUT2D eigenvalue weighted by atomic mass is 9.98. The van der Waals surface area contributed by atoms with E-state index in [4.69, 9.17) is 29.8 Å². The first kappa shape index (κ1) is 20.2. The summed E-state index contributed by atoms with van der Waals surface area (Å²) >= 11 is 0. The number of carboxylic acid groups (broad SMARTS) is 1. The molecule has 11 heteroatoms. The molecule has 0 bridgehead atoms. The van der Waals surface area contributed by atoms with Crippen LogP contribution in [-0.4, -0.2) is 46.6 Å². The summed E-state index contributed by atoms with van der Waals surface area (Å²) in [6.45, 7) is -0.0928. The Morgan fingerprint density at radius 3 is 2.77 bits per heavy atom. The Kier molecular flexibility index (Phi) is 5.79. The van der Waals surface area contributed by atoms with Crippen molar-refractivity contribution in [2.45, 2.75) is 0 Å². The first-order valence-corrected chi connectivity index (χ1v) is 8.34. The van der Waals surface area contributed by atoms with Gasteiger partial charge in [0.05, 0.1) is 19.0 Å². The second-order valence-electron chi connectivity index (χ2n) is 5.75. The van der Waals surface area contributed by atoms with Gasteiger partial charge in [0.25, 0.3) is 6.47 Å². The second-order valence-corrected chi connectivity index (χ2v) is 5.75. The van der Waals surface area contributed by atoms with Crippen LogP contribution < -0.4 is 15.2 Å². The fraction of sp³-hybridized carbons (Fsp3) is 0.105. The number of fused-ring (bicyclic) bond motifs is 1. The SMILES string of the molecule is COC(=O)c1[nH]ncc1-c1cc(-c2ccc3c(c2)OCO3)nc(N)c1C#N.O=CO. The van der Waals surface area contributed by atoms with Gasteiger partial charge in [0, 0.05) is 16.7 Å². The summed E-state index contributed by atoms with van der Waals surface area (Å²) in [5, 5.41) is 22.9. The number of benzene rings is 1. The number of H-pyrrole nitrogens is 1. The molecule has 1 aromatic carbocycles. The van der Waals surface area contributed by atoms with E-state index in [9.17, 15) is 10.1 Å². The molecule has 30 heavy (non-hydrogen) atoms. The summed E-state index contributed by atoms with van der Waals surface area (Å²) < 4.78 is 15.5. The predicted octanol–water partition coefficient (Wildman–Crippen LogP) is 1.81. The Balaban J connectivity index is 0.000000806. The molecule has 0 saturated heterocycles. The minimum absolute atomic E-state index is 0.0414. The van der Waals surface area contributed by atoms with Crippen LogP contribution in [0.3, 0.4) is 0 Å². The van der Waals surface area contributed by atoms with E-state index in [0.29, 0.717) is 28.3 Å². The van der Waals surface area contributed by atoms with E-state index < -0.39 is 5.97 Å². The first-order valence-electron chi connectivity index (χ1n) is 8.34. The average Bonchev–Trinajstić information content (AvgIpc) is 3.42. The number of aromatic nitrogens is 3. The number of nitrogens with one attached hydrogen (secondary N) is 1. The lowest BCUT2D eigenvalue weighted by Crippen LogP contribution is -2.05. The van der Waals surface area contributed by atoms with Crippen LogP contribution >= 0.6 is 0 Å². The van der Waals surface area contributed by atoms with Gasteiger partial charge in [0.15, 0.2) is 17.2 Å². The van der Waals surface area contributed by atoms with Crippen molar-refractivity contribution in [1.29, 1.82) is 5.26 Å². The summed E-state index contributed by atoms with van der Waals surface area (Å²) in [5.41, 5.74) is 8.33. The molecule has 0 amide bonds. The molecular weight excluding hydrogens is 394 g/mol. The lowest BCUT2D eigenvalue weighted by Gasteiger charge is -2.10. The van der Waals surface area contributed by atoms with Crippen molar-refractivity contribution in [1.82, 2.24) is 15.2 Å². The van der Waals surface area contributed by atoms with Gasteiger partial charge < -0.3 is 25.1 Å². The summed E-state index contributed by atoms with van der Waals surface area (Å²) in [7, 11) is 1.26. The van der Waals surface area contributed by atoms with Gasteiger partial charge in [-0.3, -0.25) is 9.89 Å². The molecule has 0 aliphatic carbocycles. The van der Waals surface area contributed by atoms with Gasteiger partial charge >= 0.3 is 5.97 Å². The molecule has 4 rings (SSSR count). The van der Waals surface area contributed by atoms with E-state index in [1.54, 1.807) is 18.2 Å². The van der Waals surface area contributed by atoms with Crippen molar-refractivity contribution in [2.75, 3.05) is 19.6 Å². The zero-order valence-corrected chi connectivity index (χ0v) is 15.6. The quantitative estimate of drug-likeness (QED) is 0.427. The number of esters is 1. The fourth-order valence-electron chi connectivity index (χ4n) is 2.85. The topological polar surface area (TPSA) is 173 Å². The maximum absolute atomic E-state index is 12.0. The molecule has 2 aromatic heterocycles. The highest BCUT2D eigenvalue weighted by atomic mass is 16.7. The molecular formula is C19H15N5O6. The molecule has 1 aliphatic rings. The number of nitrogens with two attached hydrogens (primary N) is 1. The van der Waals surface area contributed by atoms with Crippen molar-refractivity contribution in [3.05, 3.63) is 41.7 Å². The number of carbonyl (C=O) groups excluding carboxylic acids is 1. The standard InChI is InChI=1S/C18H13N5O4.CH2O2/c1-25-18(24)16-12(7-21-23-16)10-5-13(22-17(20)11(10)6-19)9-2-3-14-15(4-9)27-8-26-14;2-1-3/h2-5,7H,8H2,1H3,(H2,20,22)(H,21,23);1H,(H,2,3). The number of ether oxygens (including phenoxy) is 3. The van der Waals surface area contributed by atoms with E-state index in [-0.39, 0.29) is 30.3 Å². The Morgan fingerprint density at radius 2 is 2.07 bits per heavy atom. The number of anilines is 1. The number of pyridine rings is 1. The zero-order chi connectivity index (χ0) is 21.7. The molecule has 1 aliphatic heterocycles. The highest BCUT2D eigenvalue weighted by molar-refractivity contribution is 5.97. The number of nitrogens with zero attached hydrogens (tertiary/aromatic N) is 3. The third-order valence-electron chi connectivity index (χ3n) is 4.15. The summed E-state index contributed by atoms with van der Waals surface area (Å²) in [6.07, 6.45) is 1.44. The largest absolute Gasteiger partial charge is 0.483 e. The Labute approximate surface area is 169 Å². The van der Waals surface area contributed by atoms with Crippen molar-refractivity contribution in [2.24, 2.45) is 0 Å². The maximum atomic E-state index is 12.0. The van der Waals surface area contributed by atoms with Gasteiger partial charge in [-0.1, -0.05) is 0 Å². The normalized spacial score (nSPS) is 11.1. The first-order chi connectivity index (χ1) is 14.5. The molecule has 152 valence electrons. The smallest absolute Gasteiger partial charge is 0.356 e. The van der Waals surface area contributed by atoms with Gasteiger partial charge in [-0.15, -0.1) is 0 Å². The molecule has 3 aromatic rings. The molecule has 0 unspecified atom stereocenters. The zero-order valence-electron chi connectivity index (χ0n) is 15.6. The highest BCUT2D eigenvalue weighted by Gasteiger charge is 2.22. The van der Waals surface area contributed by atoms with Gasteiger partial charge in [0.2, 0.25) is 6.79 Å². The molecule has 0 atom stereocenters. The van der Waals surface area contributed by atoms with Gasteiger partial charge in [0.1, 0.15) is 17.5 Å². The number of hydrogen-bond acceptors (Lipinski definition) is 9. The third kappa shape index (κ3) is 3.69. The monoisotopic (exact) mass is 409 g/mol. The lowest BCUT2D eigenvalue weighted by molar-refractivity contribution is -0.122. The number of carbonyl (C=O) groups is 2. The van der Waals surface area contributed by atoms with Crippen molar-refractivity contribution >= 4 is 18.3 Å². The number of aromatic amines is 1. The summed E-state index contributed by atoms with van der Waals surface area (Å²) in [6, 6.07) is 9.05. The molecule has 11 nitrogen and oxygen atoms in total. The maximum Gasteiger partial charge on any atom is 0.356 e. The molecule has 4 N–H and O–H groups in total. The Bertz CT molecular complexity index is 1150. The summed E-state index contributed by atoms with van der Waals surface area (Å²) in [4.78, 5) is 24.7.